The molecule has 1 aromatic heterocycles. The maximum atomic E-state index is 13.5. The second-order valence-corrected chi connectivity index (χ2v) is 7.50. The number of nitrogens with zero attached hydrogens (tertiary/aromatic N) is 3. The monoisotopic (exact) mass is 373 g/mol. The predicted molar refractivity (Wildman–Crippen MR) is 108 cm³/mol. The van der Waals surface area contributed by atoms with Gasteiger partial charge in [0.2, 0.25) is 0 Å². The van der Waals surface area contributed by atoms with Crippen LogP contribution in [0.3, 0.4) is 0 Å². The third-order valence-corrected chi connectivity index (χ3v) is 5.93. The van der Waals surface area contributed by atoms with Crippen LogP contribution in [0.2, 0.25) is 0 Å². The van der Waals surface area contributed by atoms with Gasteiger partial charge >= 0.3 is 6.03 Å². The molecule has 1 aliphatic carbocycles. The Morgan fingerprint density at radius 2 is 1.96 bits per heavy atom. The van der Waals surface area contributed by atoms with Crippen molar-refractivity contribution in [2.75, 3.05) is 18.6 Å². The number of amides is 1. The minimum atomic E-state index is -0.00602. The van der Waals surface area contributed by atoms with Crippen molar-refractivity contribution < 1.29 is 9.53 Å². The summed E-state index contributed by atoms with van der Waals surface area (Å²) in [6.07, 6.45) is 5.88. The highest BCUT2D eigenvalue weighted by atomic mass is 16.5. The number of aryl methyl sites for hydroxylation is 1. The van der Waals surface area contributed by atoms with E-state index in [0.717, 1.165) is 54.1 Å². The van der Waals surface area contributed by atoms with Crippen molar-refractivity contribution in [2.24, 2.45) is 0 Å². The molecule has 5 heteroatoms. The molecule has 28 heavy (non-hydrogen) atoms. The Kier molecular flexibility index (Phi) is 4.15. The van der Waals surface area contributed by atoms with E-state index in [9.17, 15) is 4.79 Å². The van der Waals surface area contributed by atoms with Gasteiger partial charge < -0.3 is 4.74 Å². The molecule has 2 heterocycles. The number of imidazole rings is 1. The second kappa shape index (κ2) is 6.82. The molecule has 2 aliphatic rings. The summed E-state index contributed by atoms with van der Waals surface area (Å²) in [5.41, 5.74) is 5.49. The molecular formula is C23H23N3O2. The van der Waals surface area contributed by atoms with Gasteiger partial charge in [0.25, 0.3) is 0 Å². The number of hydrogen-bond donors (Lipinski definition) is 0. The van der Waals surface area contributed by atoms with Crippen LogP contribution < -0.4 is 9.64 Å². The summed E-state index contributed by atoms with van der Waals surface area (Å²) >= 11 is 0. The molecule has 0 saturated carbocycles. The average molecular weight is 373 g/mol. The number of para-hydroxylation sites is 1. The molecule has 5 nitrogen and oxygen atoms in total. The first kappa shape index (κ1) is 17.0. The molecule has 0 fully saturated rings. The summed E-state index contributed by atoms with van der Waals surface area (Å²) in [5.74, 6) is 0.970. The molecule has 142 valence electrons. The second-order valence-electron chi connectivity index (χ2n) is 7.50. The number of methoxy groups -OCH3 is 1. The molecule has 5 rings (SSSR count). The van der Waals surface area contributed by atoms with Crippen molar-refractivity contribution in [1.29, 1.82) is 0 Å². The summed E-state index contributed by atoms with van der Waals surface area (Å²) < 4.78 is 7.17. The van der Waals surface area contributed by atoms with Crippen molar-refractivity contribution in [1.82, 2.24) is 9.55 Å². The maximum Gasteiger partial charge on any atom is 0.334 e. The van der Waals surface area contributed by atoms with E-state index in [1.54, 1.807) is 18.0 Å². The zero-order chi connectivity index (χ0) is 19.1. The van der Waals surface area contributed by atoms with Crippen LogP contribution in [0.1, 0.15) is 41.3 Å². The smallest absolute Gasteiger partial charge is 0.334 e. The van der Waals surface area contributed by atoms with Gasteiger partial charge in [-0.25, -0.2) is 9.78 Å². The normalized spacial score (nSPS) is 17.9. The number of fused-ring (bicyclic) bond motifs is 2. The van der Waals surface area contributed by atoms with Crippen LogP contribution in [-0.4, -0.2) is 29.2 Å². The molecule has 0 N–H and O–H groups in total. The highest BCUT2D eigenvalue weighted by Gasteiger charge is 2.35. The molecule has 1 atom stereocenters. The fourth-order valence-corrected chi connectivity index (χ4v) is 4.50. The zero-order valence-corrected chi connectivity index (χ0v) is 16.0. The maximum absolute atomic E-state index is 13.5. The Hall–Kier alpha value is -3.08. The highest BCUT2D eigenvalue weighted by molar-refractivity contribution is 5.97. The van der Waals surface area contributed by atoms with Gasteiger partial charge in [-0.2, -0.15) is 0 Å². The number of ether oxygens (including phenoxy) is 1. The fraction of sp³-hybridized carbons (Fsp3) is 0.304. The number of rotatable bonds is 2. The van der Waals surface area contributed by atoms with Crippen LogP contribution in [0.4, 0.5) is 10.5 Å². The largest absolute Gasteiger partial charge is 0.497 e. The lowest BCUT2D eigenvalue weighted by molar-refractivity contribution is 0.247. The van der Waals surface area contributed by atoms with Crippen LogP contribution in [0.25, 0.3) is 0 Å². The number of anilines is 1. The number of hydrogen-bond acceptors (Lipinski definition) is 3. The zero-order valence-electron chi connectivity index (χ0n) is 16.0. The van der Waals surface area contributed by atoms with Gasteiger partial charge in [-0.05, 0) is 55.0 Å². The Balaban J connectivity index is 1.53. The number of benzene rings is 2. The van der Waals surface area contributed by atoms with Gasteiger partial charge in [0.1, 0.15) is 12.1 Å². The van der Waals surface area contributed by atoms with Gasteiger partial charge in [-0.3, -0.25) is 9.47 Å². The third kappa shape index (κ3) is 2.70. The molecule has 0 radical (unpaired) electrons. The predicted octanol–water partition coefficient (Wildman–Crippen LogP) is 4.39. The van der Waals surface area contributed by atoms with E-state index in [-0.39, 0.29) is 11.9 Å². The van der Waals surface area contributed by atoms with Crippen LogP contribution in [-0.2, 0) is 12.8 Å². The van der Waals surface area contributed by atoms with E-state index in [4.69, 9.17) is 4.74 Å². The van der Waals surface area contributed by atoms with Crippen LogP contribution >= 0.6 is 0 Å². The summed E-state index contributed by atoms with van der Waals surface area (Å²) in [6.45, 7) is 0.623. The van der Waals surface area contributed by atoms with Gasteiger partial charge in [0.05, 0.1) is 18.5 Å². The third-order valence-electron chi connectivity index (χ3n) is 5.93. The topological polar surface area (TPSA) is 47.4 Å². The van der Waals surface area contributed by atoms with Crippen molar-refractivity contribution >= 4 is 11.7 Å². The standard InChI is InChI=1S/C23H23N3O2/c1-28-17-8-6-7-16(13-17)19-14-25(21-11-4-2-9-18(19)21)23(27)26-15-24-20-10-3-5-12-22(20)26/h2,4,6-9,11,13,15,19H,3,5,10,12,14H2,1H3. The van der Waals surface area contributed by atoms with E-state index in [2.05, 4.69) is 23.2 Å². The van der Waals surface area contributed by atoms with Crippen LogP contribution in [0.15, 0.2) is 54.9 Å². The lowest BCUT2D eigenvalue weighted by Crippen LogP contribution is -2.34. The molecule has 0 saturated heterocycles. The Bertz CT molecular complexity index is 1040. The van der Waals surface area contributed by atoms with Crippen molar-refractivity contribution in [3.63, 3.8) is 0 Å². The van der Waals surface area contributed by atoms with Gasteiger partial charge in [-0.15, -0.1) is 0 Å². The van der Waals surface area contributed by atoms with Gasteiger partial charge in [-0.1, -0.05) is 30.3 Å². The minimum Gasteiger partial charge on any atom is -0.497 e. The van der Waals surface area contributed by atoms with Gasteiger partial charge in [0.15, 0.2) is 0 Å². The first-order valence-electron chi connectivity index (χ1n) is 9.86. The van der Waals surface area contributed by atoms with Crippen LogP contribution in [0, 0.1) is 0 Å². The molecule has 1 amide bonds. The van der Waals surface area contributed by atoms with Crippen LogP contribution in [0.5, 0.6) is 5.75 Å². The summed E-state index contributed by atoms with van der Waals surface area (Å²) in [5, 5.41) is 0. The molecule has 1 aliphatic heterocycles. The molecule has 2 aromatic carbocycles. The first-order valence-corrected chi connectivity index (χ1v) is 9.86. The van der Waals surface area contributed by atoms with Crippen molar-refractivity contribution in [3.05, 3.63) is 77.4 Å². The van der Waals surface area contributed by atoms with Gasteiger partial charge in [0, 0.05) is 18.2 Å². The quantitative estimate of drug-likeness (QED) is 0.669. The number of aromatic nitrogens is 2. The van der Waals surface area contributed by atoms with Crippen molar-refractivity contribution in [3.8, 4) is 5.75 Å². The van der Waals surface area contributed by atoms with E-state index in [1.165, 1.54) is 5.56 Å². The molecule has 3 aromatic rings. The lowest BCUT2D eigenvalue weighted by atomic mass is 9.93. The van der Waals surface area contributed by atoms with Crippen molar-refractivity contribution in [2.45, 2.75) is 31.6 Å². The molecule has 0 bridgehead atoms. The summed E-state index contributed by atoms with van der Waals surface area (Å²) in [6, 6.07) is 16.3. The molecular weight excluding hydrogens is 350 g/mol. The molecule has 0 spiro atoms. The first-order chi connectivity index (χ1) is 13.8. The van der Waals surface area contributed by atoms with E-state index in [0.29, 0.717) is 6.54 Å². The fourth-order valence-electron chi connectivity index (χ4n) is 4.50. The minimum absolute atomic E-state index is 0.00602. The summed E-state index contributed by atoms with van der Waals surface area (Å²) in [7, 11) is 1.68. The SMILES string of the molecule is COc1cccc(C2CN(C(=O)n3cnc4c3CCCC4)c3ccccc32)c1. The van der Waals surface area contributed by atoms with E-state index in [1.807, 2.05) is 35.2 Å². The Morgan fingerprint density at radius 3 is 2.86 bits per heavy atom. The number of carbonyl (C=O) groups is 1. The molecule has 1 unspecified atom stereocenters. The van der Waals surface area contributed by atoms with E-state index < -0.39 is 0 Å². The average Bonchev–Trinajstić information content (AvgIpc) is 3.35. The van der Waals surface area contributed by atoms with E-state index >= 15 is 0 Å². The summed E-state index contributed by atoms with van der Waals surface area (Å²) in [4.78, 5) is 19.9. The Labute approximate surface area is 164 Å². The Morgan fingerprint density at radius 1 is 1.11 bits per heavy atom. The lowest BCUT2D eigenvalue weighted by Gasteiger charge is -2.21. The number of carbonyl (C=O) groups excluding carboxylic acids is 1. The highest BCUT2D eigenvalue weighted by Crippen LogP contribution is 2.41.